The molecule has 0 aliphatic carbocycles. The Kier molecular flexibility index (Phi) is 5.18. The van der Waals surface area contributed by atoms with Crippen LogP contribution < -0.4 is 20.0 Å². The summed E-state index contributed by atoms with van der Waals surface area (Å²) in [6.07, 6.45) is 5.35. The summed E-state index contributed by atoms with van der Waals surface area (Å²) in [5, 5.41) is 3.36. The summed E-state index contributed by atoms with van der Waals surface area (Å²) in [4.78, 5) is 24.3. The Balaban J connectivity index is 1.40. The Morgan fingerprint density at radius 2 is 1.39 bits per heavy atom. The normalized spacial score (nSPS) is 14.1. The molecule has 1 saturated heterocycles. The summed E-state index contributed by atoms with van der Waals surface area (Å²) in [5.41, 5.74) is 2.16. The fourth-order valence-corrected chi connectivity index (χ4v) is 3.12. The van der Waals surface area contributed by atoms with Crippen LogP contribution in [-0.2, 0) is 0 Å². The van der Waals surface area contributed by atoms with E-state index in [1.807, 2.05) is 26.2 Å². The van der Waals surface area contributed by atoms with Gasteiger partial charge in [0.25, 0.3) is 0 Å². The number of anilines is 5. The molecular formula is C20H24N8. The smallest absolute Gasteiger partial charge is 0.227 e. The first kappa shape index (κ1) is 18.0. The number of hydrogen-bond acceptors (Lipinski definition) is 8. The van der Waals surface area contributed by atoms with Gasteiger partial charge in [-0.3, -0.25) is 0 Å². The Labute approximate surface area is 164 Å². The molecule has 28 heavy (non-hydrogen) atoms. The molecule has 0 amide bonds. The van der Waals surface area contributed by atoms with Gasteiger partial charge in [-0.05, 0) is 36.4 Å². The molecule has 2 aromatic heterocycles. The van der Waals surface area contributed by atoms with Crippen molar-refractivity contribution in [1.82, 2.24) is 19.9 Å². The summed E-state index contributed by atoms with van der Waals surface area (Å²) in [6.45, 7) is 3.35. The minimum atomic E-state index is 0.739. The van der Waals surface area contributed by atoms with Crippen LogP contribution in [0, 0.1) is 0 Å². The molecule has 1 aliphatic rings. The zero-order chi connectivity index (χ0) is 19.3. The van der Waals surface area contributed by atoms with Crippen molar-refractivity contribution >= 4 is 29.1 Å². The van der Waals surface area contributed by atoms with E-state index >= 15 is 0 Å². The van der Waals surface area contributed by atoms with Gasteiger partial charge in [0.1, 0.15) is 5.82 Å². The molecular weight excluding hydrogens is 352 g/mol. The zero-order valence-electron chi connectivity index (χ0n) is 16.2. The van der Waals surface area contributed by atoms with E-state index < -0.39 is 0 Å². The van der Waals surface area contributed by atoms with Crippen LogP contribution in [-0.4, -0.2) is 60.2 Å². The Hall–Kier alpha value is -3.42. The van der Waals surface area contributed by atoms with E-state index in [9.17, 15) is 0 Å². The SMILES string of the molecule is CN(C)c1ccc(Nc2ccnc(N3CCN(c4ncccn4)CC3)n2)cc1. The van der Waals surface area contributed by atoms with Crippen molar-refractivity contribution in [3.05, 3.63) is 55.0 Å². The number of rotatable bonds is 5. The van der Waals surface area contributed by atoms with Crippen LogP contribution in [0.5, 0.6) is 0 Å². The molecule has 3 aromatic rings. The monoisotopic (exact) mass is 376 g/mol. The number of benzene rings is 1. The minimum absolute atomic E-state index is 0.739. The second-order valence-corrected chi connectivity index (χ2v) is 6.83. The molecule has 0 unspecified atom stereocenters. The molecule has 1 aromatic carbocycles. The highest BCUT2D eigenvalue weighted by atomic mass is 15.4. The fourth-order valence-electron chi connectivity index (χ4n) is 3.12. The summed E-state index contributed by atoms with van der Waals surface area (Å²) >= 11 is 0. The van der Waals surface area contributed by atoms with Crippen LogP contribution in [0.15, 0.2) is 55.0 Å². The van der Waals surface area contributed by atoms with Gasteiger partial charge in [0.15, 0.2) is 0 Å². The lowest BCUT2D eigenvalue weighted by molar-refractivity contribution is 0.628. The van der Waals surface area contributed by atoms with Crippen LogP contribution in [0.2, 0.25) is 0 Å². The molecule has 144 valence electrons. The van der Waals surface area contributed by atoms with Gasteiger partial charge >= 0.3 is 0 Å². The molecule has 1 fully saturated rings. The molecule has 4 rings (SSSR count). The third-order valence-corrected chi connectivity index (χ3v) is 4.70. The average molecular weight is 376 g/mol. The summed E-state index contributed by atoms with van der Waals surface area (Å²) in [5.74, 6) is 2.31. The van der Waals surface area contributed by atoms with Crippen molar-refractivity contribution in [1.29, 1.82) is 0 Å². The molecule has 1 N–H and O–H groups in total. The first-order valence-electron chi connectivity index (χ1n) is 9.33. The largest absolute Gasteiger partial charge is 0.378 e. The van der Waals surface area contributed by atoms with Crippen LogP contribution in [0.4, 0.5) is 29.1 Å². The number of nitrogens with one attached hydrogen (secondary N) is 1. The van der Waals surface area contributed by atoms with Gasteiger partial charge < -0.3 is 20.0 Å². The number of piperazine rings is 1. The third kappa shape index (κ3) is 4.11. The van der Waals surface area contributed by atoms with Crippen molar-refractivity contribution < 1.29 is 0 Å². The second kappa shape index (κ2) is 8.08. The van der Waals surface area contributed by atoms with E-state index in [2.05, 4.69) is 59.2 Å². The predicted molar refractivity (Wildman–Crippen MR) is 113 cm³/mol. The van der Waals surface area contributed by atoms with E-state index in [0.717, 1.165) is 55.3 Å². The van der Waals surface area contributed by atoms with Crippen molar-refractivity contribution in [2.24, 2.45) is 0 Å². The van der Waals surface area contributed by atoms with Gasteiger partial charge in [-0.1, -0.05) is 0 Å². The first-order chi connectivity index (χ1) is 13.7. The molecule has 0 atom stereocenters. The van der Waals surface area contributed by atoms with Crippen molar-refractivity contribution in [2.45, 2.75) is 0 Å². The first-order valence-corrected chi connectivity index (χ1v) is 9.33. The average Bonchev–Trinajstić information content (AvgIpc) is 2.75. The van der Waals surface area contributed by atoms with Crippen LogP contribution in [0.1, 0.15) is 0 Å². The minimum Gasteiger partial charge on any atom is -0.378 e. The lowest BCUT2D eigenvalue weighted by Crippen LogP contribution is -2.47. The van der Waals surface area contributed by atoms with E-state index in [1.165, 1.54) is 0 Å². The highest BCUT2D eigenvalue weighted by molar-refractivity contribution is 5.61. The maximum absolute atomic E-state index is 4.69. The quantitative estimate of drug-likeness (QED) is 0.728. The number of hydrogen-bond donors (Lipinski definition) is 1. The summed E-state index contributed by atoms with van der Waals surface area (Å²) in [6, 6.07) is 12.0. The van der Waals surface area contributed by atoms with Gasteiger partial charge in [-0.2, -0.15) is 4.98 Å². The maximum Gasteiger partial charge on any atom is 0.227 e. The topological polar surface area (TPSA) is 73.3 Å². The predicted octanol–water partition coefficient (Wildman–Crippen LogP) is 2.40. The van der Waals surface area contributed by atoms with E-state index in [1.54, 1.807) is 18.6 Å². The fraction of sp³-hybridized carbons (Fsp3) is 0.300. The van der Waals surface area contributed by atoms with Gasteiger partial charge in [0.2, 0.25) is 11.9 Å². The van der Waals surface area contributed by atoms with Gasteiger partial charge in [-0.25, -0.2) is 15.0 Å². The van der Waals surface area contributed by atoms with Crippen LogP contribution >= 0.6 is 0 Å². The van der Waals surface area contributed by atoms with E-state index in [0.29, 0.717) is 0 Å². The van der Waals surface area contributed by atoms with Crippen LogP contribution in [0.3, 0.4) is 0 Å². The van der Waals surface area contributed by atoms with E-state index in [4.69, 9.17) is 4.98 Å². The van der Waals surface area contributed by atoms with Crippen molar-refractivity contribution in [3.8, 4) is 0 Å². The lowest BCUT2D eigenvalue weighted by atomic mass is 10.2. The van der Waals surface area contributed by atoms with Gasteiger partial charge in [0.05, 0.1) is 0 Å². The summed E-state index contributed by atoms with van der Waals surface area (Å²) < 4.78 is 0. The van der Waals surface area contributed by atoms with Gasteiger partial charge in [0, 0.05) is 70.2 Å². The lowest BCUT2D eigenvalue weighted by Gasteiger charge is -2.34. The Morgan fingerprint density at radius 1 is 0.786 bits per heavy atom. The number of aromatic nitrogens is 4. The Bertz CT molecular complexity index is 890. The second-order valence-electron chi connectivity index (χ2n) is 6.83. The molecule has 0 bridgehead atoms. The zero-order valence-corrected chi connectivity index (χ0v) is 16.2. The number of nitrogens with zero attached hydrogens (tertiary/aromatic N) is 7. The molecule has 0 saturated carbocycles. The van der Waals surface area contributed by atoms with Crippen LogP contribution in [0.25, 0.3) is 0 Å². The molecule has 0 spiro atoms. The van der Waals surface area contributed by atoms with E-state index in [-0.39, 0.29) is 0 Å². The Morgan fingerprint density at radius 3 is 2.04 bits per heavy atom. The molecule has 8 nitrogen and oxygen atoms in total. The van der Waals surface area contributed by atoms with Gasteiger partial charge in [-0.15, -0.1) is 0 Å². The highest BCUT2D eigenvalue weighted by Crippen LogP contribution is 2.21. The summed E-state index contributed by atoms with van der Waals surface area (Å²) in [7, 11) is 4.06. The molecule has 0 radical (unpaired) electrons. The third-order valence-electron chi connectivity index (χ3n) is 4.70. The maximum atomic E-state index is 4.69. The van der Waals surface area contributed by atoms with Crippen molar-refractivity contribution in [2.75, 3.05) is 60.3 Å². The standard InChI is InChI=1S/C20H24N8/c1-26(2)17-6-4-16(5-7-17)24-18-8-11-23-20(25-18)28-14-12-27(13-15-28)19-21-9-3-10-22-19/h3-11H,12-15H2,1-2H3,(H,23,24,25). The molecule has 3 heterocycles. The van der Waals surface area contributed by atoms with Crippen molar-refractivity contribution in [3.63, 3.8) is 0 Å². The molecule has 1 aliphatic heterocycles. The highest BCUT2D eigenvalue weighted by Gasteiger charge is 2.20. The molecule has 8 heteroatoms.